The third-order valence-electron chi connectivity index (χ3n) is 10.8. The van der Waals surface area contributed by atoms with Crippen molar-refractivity contribution in [3.63, 3.8) is 0 Å². The third kappa shape index (κ3) is 10.4. The summed E-state index contributed by atoms with van der Waals surface area (Å²) in [5, 5.41) is 0. The van der Waals surface area contributed by atoms with Gasteiger partial charge in [0, 0.05) is 20.8 Å². The number of hydrogen-bond acceptors (Lipinski definition) is 6. The largest absolute Gasteiger partial charge is 0.466 e. The molecule has 0 fully saturated rings. The van der Waals surface area contributed by atoms with Crippen molar-refractivity contribution < 1.29 is 28.6 Å². The minimum absolute atomic E-state index is 0.169. The fraction of sp³-hybridized carbons (Fsp3) is 0.750. The standard InChI is InChI=1S/3C12H20O2/c3*1-10(13)14-9-8-12(4)7-5-6-11(12,2)3/h3*5,7H,6,8-9H2,1-4H3/t2*12-;/m10./s1. The van der Waals surface area contributed by atoms with Crippen molar-refractivity contribution in [3.8, 4) is 0 Å². The SMILES string of the molecule is CC(=O)OCCC1(C)C=CCC1(C)C.CC(=O)OCC[C@@]1(C)C=CCC1(C)C.CC(=O)OCC[C@]1(C)C=CCC1(C)C. The van der Waals surface area contributed by atoms with Crippen molar-refractivity contribution in [2.24, 2.45) is 32.5 Å². The molecule has 3 atom stereocenters. The van der Waals surface area contributed by atoms with E-state index in [0.29, 0.717) is 19.8 Å². The summed E-state index contributed by atoms with van der Waals surface area (Å²) in [6, 6.07) is 0. The summed E-state index contributed by atoms with van der Waals surface area (Å²) in [6.45, 7) is 26.2. The molecule has 3 aliphatic rings. The molecule has 0 N–H and O–H groups in total. The molecule has 0 bridgehead atoms. The Labute approximate surface area is 256 Å². The van der Waals surface area contributed by atoms with Gasteiger partial charge >= 0.3 is 17.9 Å². The first-order valence-electron chi connectivity index (χ1n) is 15.6. The molecule has 42 heavy (non-hydrogen) atoms. The van der Waals surface area contributed by atoms with Crippen molar-refractivity contribution in [2.75, 3.05) is 19.8 Å². The van der Waals surface area contributed by atoms with E-state index >= 15 is 0 Å². The lowest BCUT2D eigenvalue weighted by atomic mass is 9.67. The van der Waals surface area contributed by atoms with Crippen LogP contribution in [0, 0.1) is 32.5 Å². The summed E-state index contributed by atoms with van der Waals surface area (Å²) >= 11 is 0. The van der Waals surface area contributed by atoms with E-state index in [1.165, 1.54) is 20.8 Å². The van der Waals surface area contributed by atoms with Gasteiger partial charge in [-0.05, 0) is 71.0 Å². The van der Waals surface area contributed by atoms with Gasteiger partial charge in [0.2, 0.25) is 0 Å². The Balaban J connectivity index is 0.000000315. The highest BCUT2D eigenvalue weighted by molar-refractivity contribution is 5.66. The van der Waals surface area contributed by atoms with E-state index < -0.39 is 0 Å². The van der Waals surface area contributed by atoms with E-state index in [1.54, 1.807) is 0 Å². The van der Waals surface area contributed by atoms with Gasteiger partial charge in [-0.2, -0.15) is 0 Å². The van der Waals surface area contributed by atoms with Crippen LogP contribution in [0.15, 0.2) is 36.5 Å². The summed E-state index contributed by atoms with van der Waals surface area (Å²) in [6.07, 6.45) is 19.6. The van der Waals surface area contributed by atoms with E-state index in [9.17, 15) is 14.4 Å². The Morgan fingerprint density at radius 1 is 0.476 bits per heavy atom. The van der Waals surface area contributed by atoms with Gasteiger partial charge in [-0.15, -0.1) is 0 Å². The van der Waals surface area contributed by atoms with Gasteiger partial charge in [-0.25, -0.2) is 0 Å². The second kappa shape index (κ2) is 14.9. The summed E-state index contributed by atoms with van der Waals surface area (Å²) in [5.41, 5.74) is 1.36. The van der Waals surface area contributed by atoms with Gasteiger partial charge in [0.05, 0.1) is 19.8 Å². The van der Waals surface area contributed by atoms with Crippen LogP contribution >= 0.6 is 0 Å². The average Bonchev–Trinajstić information content (AvgIpc) is 3.37. The maximum Gasteiger partial charge on any atom is 0.302 e. The average molecular weight is 589 g/mol. The number of hydrogen-bond donors (Lipinski definition) is 0. The van der Waals surface area contributed by atoms with Crippen LogP contribution in [0.2, 0.25) is 0 Å². The van der Waals surface area contributed by atoms with Crippen LogP contribution in [0.3, 0.4) is 0 Å². The van der Waals surface area contributed by atoms with Crippen LogP contribution in [0.25, 0.3) is 0 Å². The summed E-state index contributed by atoms with van der Waals surface area (Å²) in [4.78, 5) is 31.9. The predicted molar refractivity (Wildman–Crippen MR) is 171 cm³/mol. The molecule has 0 aliphatic heterocycles. The van der Waals surface area contributed by atoms with Crippen LogP contribution in [0.1, 0.15) is 122 Å². The molecule has 0 heterocycles. The second-order valence-corrected chi connectivity index (χ2v) is 15.0. The fourth-order valence-electron chi connectivity index (χ4n) is 5.70. The van der Waals surface area contributed by atoms with E-state index in [4.69, 9.17) is 14.2 Å². The second-order valence-electron chi connectivity index (χ2n) is 15.0. The van der Waals surface area contributed by atoms with Crippen LogP contribution < -0.4 is 0 Å². The Kier molecular flexibility index (Phi) is 13.3. The quantitative estimate of drug-likeness (QED) is 0.152. The van der Waals surface area contributed by atoms with Gasteiger partial charge in [0.15, 0.2) is 0 Å². The van der Waals surface area contributed by atoms with Crippen molar-refractivity contribution in [2.45, 2.75) is 122 Å². The lowest BCUT2D eigenvalue weighted by Gasteiger charge is -2.37. The summed E-state index contributed by atoms with van der Waals surface area (Å²) in [5.74, 6) is -0.560. The smallest absolute Gasteiger partial charge is 0.302 e. The van der Waals surface area contributed by atoms with Crippen molar-refractivity contribution >= 4 is 17.9 Å². The van der Waals surface area contributed by atoms with E-state index in [2.05, 4.69) is 98.8 Å². The molecule has 0 spiro atoms. The molecular formula is C36H60O6. The molecule has 0 aromatic rings. The molecule has 0 amide bonds. The maximum atomic E-state index is 10.6. The van der Waals surface area contributed by atoms with Crippen molar-refractivity contribution in [1.29, 1.82) is 0 Å². The molecular weight excluding hydrogens is 528 g/mol. The first-order chi connectivity index (χ1) is 19.1. The van der Waals surface area contributed by atoms with Gasteiger partial charge in [-0.3, -0.25) is 14.4 Å². The monoisotopic (exact) mass is 588 g/mol. The molecule has 6 heteroatoms. The van der Waals surface area contributed by atoms with Gasteiger partial charge in [0.25, 0.3) is 0 Å². The number of esters is 3. The van der Waals surface area contributed by atoms with Crippen LogP contribution in [0.4, 0.5) is 0 Å². The van der Waals surface area contributed by atoms with E-state index in [-0.39, 0.29) is 50.4 Å². The molecule has 0 aromatic heterocycles. The van der Waals surface area contributed by atoms with Crippen LogP contribution in [-0.4, -0.2) is 37.7 Å². The highest BCUT2D eigenvalue weighted by Gasteiger charge is 2.43. The van der Waals surface area contributed by atoms with Crippen LogP contribution in [0.5, 0.6) is 0 Å². The third-order valence-corrected chi connectivity index (χ3v) is 10.8. The lowest BCUT2D eigenvalue weighted by molar-refractivity contribution is -0.142. The topological polar surface area (TPSA) is 78.9 Å². The van der Waals surface area contributed by atoms with E-state index in [1.807, 2.05) is 0 Å². The molecule has 1 unspecified atom stereocenters. The molecule has 6 nitrogen and oxygen atoms in total. The summed E-state index contributed by atoms with van der Waals surface area (Å²) in [7, 11) is 0. The Bertz CT molecular complexity index is 888. The lowest BCUT2D eigenvalue weighted by Crippen LogP contribution is -2.31. The maximum absolute atomic E-state index is 10.6. The zero-order valence-electron chi connectivity index (χ0n) is 28.8. The minimum Gasteiger partial charge on any atom is -0.466 e. The molecule has 240 valence electrons. The number of ether oxygens (including phenoxy) is 3. The Morgan fingerprint density at radius 2 is 0.690 bits per heavy atom. The fourth-order valence-corrected chi connectivity index (χ4v) is 5.70. The molecule has 3 aliphatic carbocycles. The summed E-state index contributed by atoms with van der Waals surface area (Å²) < 4.78 is 15.0. The van der Waals surface area contributed by atoms with E-state index in [0.717, 1.165) is 38.5 Å². The molecule has 0 radical (unpaired) electrons. The number of allylic oxidation sites excluding steroid dienone is 6. The predicted octanol–water partition coefficient (Wildman–Crippen LogP) is 8.80. The number of rotatable bonds is 9. The van der Waals surface area contributed by atoms with Gasteiger partial charge in [0.1, 0.15) is 0 Å². The molecule has 0 saturated heterocycles. The Morgan fingerprint density at radius 3 is 0.833 bits per heavy atom. The number of carbonyl (C=O) groups is 3. The zero-order valence-corrected chi connectivity index (χ0v) is 28.8. The molecule has 0 aromatic carbocycles. The van der Waals surface area contributed by atoms with Crippen molar-refractivity contribution in [3.05, 3.63) is 36.5 Å². The first kappa shape index (κ1) is 37.7. The molecule has 3 rings (SSSR count). The minimum atomic E-state index is -0.187. The molecule has 0 saturated carbocycles. The van der Waals surface area contributed by atoms with Crippen molar-refractivity contribution in [1.82, 2.24) is 0 Å². The van der Waals surface area contributed by atoms with Gasteiger partial charge in [-0.1, -0.05) is 98.8 Å². The Hall–Kier alpha value is -2.37. The van der Waals surface area contributed by atoms with Gasteiger partial charge < -0.3 is 14.2 Å². The normalized spacial score (nSPS) is 29.1. The van der Waals surface area contributed by atoms with Crippen LogP contribution in [-0.2, 0) is 28.6 Å². The number of carbonyl (C=O) groups excluding carboxylic acids is 3. The highest BCUT2D eigenvalue weighted by Crippen LogP contribution is 2.51. The highest BCUT2D eigenvalue weighted by atomic mass is 16.5. The first-order valence-corrected chi connectivity index (χ1v) is 15.6. The zero-order chi connectivity index (χ0) is 32.5.